The Balaban J connectivity index is 2.26. The van der Waals surface area contributed by atoms with Gasteiger partial charge >= 0.3 is 6.18 Å². The summed E-state index contributed by atoms with van der Waals surface area (Å²) in [6.07, 6.45) is -3.00. The zero-order chi connectivity index (χ0) is 15.6. The number of alkyl halides is 3. The molecule has 0 aromatic heterocycles. The molecule has 7 heteroatoms. The number of methoxy groups -OCH3 is 1. The van der Waals surface area contributed by atoms with Crippen LogP contribution in [0.3, 0.4) is 0 Å². The van der Waals surface area contributed by atoms with E-state index in [2.05, 4.69) is 0 Å². The Kier molecular flexibility index (Phi) is 4.41. The van der Waals surface area contributed by atoms with Gasteiger partial charge in [-0.25, -0.2) is 0 Å². The quantitative estimate of drug-likeness (QED) is 0.854. The third kappa shape index (κ3) is 3.47. The second-order valence-electron chi connectivity index (χ2n) is 5.05. The first-order valence-electron chi connectivity index (χ1n) is 6.61. The monoisotopic (exact) mass is 302 g/mol. The molecule has 21 heavy (non-hydrogen) atoms. The lowest BCUT2D eigenvalue weighted by Gasteiger charge is -2.32. The summed E-state index contributed by atoms with van der Waals surface area (Å²) in [6.45, 7) is 0.861. The molecule has 0 aliphatic carbocycles. The number of nitrogens with zero attached hydrogens (tertiary/aromatic N) is 1. The number of hydrogen-bond donors (Lipinski definition) is 1. The fraction of sp³-hybridized carbons (Fsp3) is 0.500. The molecule has 0 spiro atoms. The number of piperidine rings is 1. The number of ether oxygens (including phenoxy) is 1. The van der Waals surface area contributed by atoms with Gasteiger partial charge in [-0.15, -0.1) is 0 Å². The van der Waals surface area contributed by atoms with Gasteiger partial charge in [-0.1, -0.05) is 0 Å². The lowest BCUT2D eigenvalue weighted by molar-refractivity contribution is -0.137. The number of rotatable bonds is 2. The van der Waals surface area contributed by atoms with E-state index < -0.39 is 17.6 Å². The van der Waals surface area contributed by atoms with E-state index in [9.17, 15) is 18.0 Å². The highest BCUT2D eigenvalue weighted by Gasteiger charge is 2.33. The number of hydrogen-bond acceptors (Lipinski definition) is 3. The number of carbonyl (C=O) groups is 1. The van der Waals surface area contributed by atoms with Crippen LogP contribution in [0.4, 0.5) is 18.9 Å². The standard InChI is InChI=1S/C14H17F3N2O2/c1-21-10-3-2-6-19(8-10)13(20)11-7-9(14(15,16)17)4-5-12(11)18/h4-5,7,10H,2-3,6,8,18H2,1H3. The molecule has 4 nitrogen and oxygen atoms in total. The van der Waals surface area contributed by atoms with Gasteiger partial charge in [0.25, 0.3) is 5.91 Å². The molecule has 1 amide bonds. The van der Waals surface area contributed by atoms with Crippen molar-refractivity contribution in [3.8, 4) is 0 Å². The number of amides is 1. The lowest BCUT2D eigenvalue weighted by Crippen LogP contribution is -2.43. The number of likely N-dealkylation sites (tertiary alicyclic amines) is 1. The van der Waals surface area contributed by atoms with Gasteiger partial charge in [0.1, 0.15) is 0 Å². The molecular formula is C14H17F3N2O2. The molecule has 0 bridgehead atoms. The van der Waals surface area contributed by atoms with Crippen molar-refractivity contribution in [1.29, 1.82) is 0 Å². The highest BCUT2D eigenvalue weighted by atomic mass is 19.4. The van der Waals surface area contributed by atoms with E-state index in [1.54, 1.807) is 7.11 Å². The number of nitrogen functional groups attached to an aromatic ring is 1. The van der Waals surface area contributed by atoms with Crippen LogP contribution >= 0.6 is 0 Å². The van der Waals surface area contributed by atoms with Crippen LogP contribution in [0, 0.1) is 0 Å². The topological polar surface area (TPSA) is 55.6 Å². The maximum absolute atomic E-state index is 12.7. The van der Waals surface area contributed by atoms with Crippen molar-refractivity contribution >= 4 is 11.6 Å². The Morgan fingerprint density at radius 2 is 2.14 bits per heavy atom. The van der Waals surface area contributed by atoms with Crippen molar-refractivity contribution in [1.82, 2.24) is 4.90 Å². The molecule has 1 atom stereocenters. The molecule has 1 saturated heterocycles. The van der Waals surface area contributed by atoms with Gasteiger partial charge in [0.05, 0.1) is 17.2 Å². The Labute approximate surface area is 120 Å². The summed E-state index contributed by atoms with van der Waals surface area (Å²) in [5, 5.41) is 0. The zero-order valence-corrected chi connectivity index (χ0v) is 11.6. The van der Waals surface area contributed by atoms with Crippen LogP contribution in [0.1, 0.15) is 28.8 Å². The van der Waals surface area contributed by atoms with E-state index >= 15 is 0 Å². The molecule has 116 valence electrons. The molecular weight excluding hydrogens is 285 g/mol. The molecule has 2 N–H and O–H groups in total. The van der Waals surface area contributed by atoms with Gasteiger partial charge in [0.15, 0.2) is 0 Å². The molecule has 1 aliphatic rings. The molecule has 0 radical (unpaired) electrons. The predicted octanol–water partition coefficient (Wildman–Crippen LogP) is 2.54. The second kappa shape index (κ2) is 5.93. The third-order valence-electron chi connectivity index (χ3n) is 3.61. The molecule has 0 saturated carbocycles. The van der Waals surface area contributed by atoms with Gasteiger partial charge in [0.2, 0.25) is 0 Å². The van der Waals surface area contributed by atoms with Gasteiger partial charge < -0.3 is 15.4 Å². The van der Waals surface area contributed by atoms with Crippen LogP contribution in [-0.4, -0.2) is 37.1 Å². The minimum atomic E-state index is -4.50. The maximum Gasteiger partial charge on any atom is 0.416 e. The fourth-order valence-corrected chi connectivity index (χ4v) is 2.40. The van der Waals surface area contributed by atoms with Crippen LogP contribution in [0.25, 0.3) is 0 Å². The van der Waals surface area contributed by atoms with Crippen molar-refractivity contribution < 1.29 is 22.7 Å². The summed E-state index contributed by atoms with van der Waals surface area (Å²) < 4.78 is 43.4. The largest absolute Gasteiger partial charge is 0.416 e. The SMILES string of the molecule is COC1CCCN(C(=O)c2cc(C(F)(F)F)ccc2N)C1. The molecule has 1 aliphatic heterocycles. The predicted molar refractivity (Wildman–Crippen MR) is 71.8 cm³/mol. The number of benzene rings is 1. The second-order valence-corrected chi connectivity index (χ2v) is 5.05. The highest BCUT2D eigenvalue weighted by molar-refractivity contribution is 5.99. The Morgan fingerprint density at radius 3 is 2.76 bits per heavy atom. The Hall–Kier alpha value is -1.76. The average molecular weight is 302 g/mol. The van der Waals surface area contributed by atoms with E-state index in [-0.39, 0.29) is 17.4 Å². The van der Waals surface area contributed by atoms with Crippen molar-refractivity contribution in [2.45, 2.75) is 25.1 Å². The van der Waals surface area contributed by atoms with Crippen LogP contribution in [-0.2, 0) is 10.9 Å². The molecule has 1 heterocycles. The average Bonchev–Trinajstić information content (AvgIpc) is 2.46. The van der Waals surface area contributed by atoms with E-state index in [0.29, 0.717) is 13.1 Å². The first-order chi connectivity index (χ1) is 9.82. The summed E-state index contributed by atoms with van der Waals surface area (Å²) >= 11 is 0. The zero-order valence-electron chi connectivity index (χ0n) is 11.6. The van der Waals surface area contributed by atoms with Gasteiger partial charge in [0, 0.05) is 25.9 Å². The lowest BCUT2D eigenvalue weighted by atomic mass is 10.0. The van der Waals surface area contributed by atoms with Gasteiger partial charge in [-0.2, -0.15) is 13.2 Å². The summed E-state index contributed by atoms with van der Waals surface area (Å²) in [5.74, 6) is -0.486. The minimum Gasteiger partial charge on any atom is -0.398 e. The number of anilines is 1. The normalized spacial score (nSPS) is 19.6. The van der Waals surface area contributed by atoms with E-state index in [1.165, 1.54) is 4.90 Å². The summed E-state index contributed by atoms with van der Waals surface area (Å²) in [5.41, 5.74) is 4.73. The van der Waals surface area contributed by atoms with Crippen molar-refractivity contribution in [2.24, 2.45) is 0 Å². The minimum absolute atomic E-state index is 0.0486. The number of halogens is 3. The highest BCUT2D eigenvalue weighted by Crippen LogP contribution is 2.31. The summed E-state index contributed by atoms with van der Waals surface area (Å²) in [6, 6.07) is 2.81. The van der Waals surface area contributed by atoms with Crippen LogP contribution in [0.15, 0.2) is 18.2 Å². The van der Waals surface area contributed by atoms with Gasteiger partial charge in [-0.3, -0.25) is 4.79 Å². The molecule has 2 rings (SSSR count). The maximum atomic E-state index is 12.7. The third-order valence-corrected chi connectivity index (χ3v) is 3.61. The van der Waals surface area contributed by atoms with Crippen LogP contribution < -0.4 is 5.73 Å². The van der Waals surface area contributed by atoms with Crippen molar-refractivity contribution in [3.63, 3.8) is 0 Å². The summed E-state index contributed by atoms with van der Waals surface area (Å²) in [4.78, 5) is 13.9. The number of carbonyl (C=O) groups excluding carboxylic acids is 1. The smallest absolute Gasteiger partial charge is 0.398 e. The molecule has 1 aromatic rings. The molecule has 1 unspecified atom stereocenters. The van der Waals surface area contributed by atoms with Crippen molar-refractivity contribution in [3.05, 3.63) is 29.3 Å². The molecule has 1 fully saturated rings. The van der Waals surface area contributed by atoms with E-state index in [0.717, 1.165) is 31.0 Å². The Morgan fingerprint density at radius 1 is 1.43 bits per heavy atom. The van der Waals surface area contributed by atoms with Crippen LogP contribution in [0.2, 0.25) is 0 Å². The Bertz CT molecular complexity index is 531. The van der Waals surface area contributed by atoms with Crippen molar-refractivity contribution in [2.75, 3.05) is 25.9 Å². The molecule has 1 aromatic carbocycles. The number of nitrogens with two attached hydrogens (primary N) is 1. The van der Waals surface area contributed by atoms with Gasteiger partial charge in [-0.05, 0) is 31.0 Å². The van der Waals surface area contributed by atoms with E-state index in [1.807, 2.05) is 0 Å². The first-order valence-corrected chi connectivity index (χ1v) is 6.61. The first kappa shape index (κ1) is 15.6. The van der Waals surface area contributed by atoms with E-state index in [4.69, 9.17) is 10.5 Å². The fourth-order valence-electron chi connectivity index (χ4n) is 2.40. The van der Waals surface area contributed by atoms with Crippen LogP contribution in [0.5, 0.6) is 0 Å². The summed E-state index contributed by atoms with van der Waals surface area (Å²) in [7, 11) is 1.55.